The summed E-state index contributed by atoms with van der Waals surface area (Å²) in [6, 6.07) is 6.61. The van der Waals surface area contributed by atoms with Crippen molar-refractivity contribution in [2.45, 2.75) is 126 Å². The number of hydrogen-bond acceptors (Lipinski definition) is 9. The third kappa shape index (κ3) is 5.31. The fourth-order valence-electron chi connectivity index (χ4n) is 8.71. The average molecular weight is 605 g/mol. The van der Waals surface area contributed by atoms with Crippen molar-refractivity contribution in [1.82, 2.24) is 14.9 Å². The summed E-state index contributed by atoms with van der Waals surface area (Å²) in [6.45, 7) is 4.20. The minimum absolute atomic E-state index is 0.0697. The molecule has 6 unspecified atom stereocenters. The van der Waals surface area contributed by atoms with Gasteiger partial charge in [0.25, 0.3) is 0 Å². The largest absolute Gasteiger partial charge is 0.461 e. The number of aliphatic hydroxyl groups excluding tert-OH is 1. The molecule has 44 heavy (non-hydrogen) atoms. The van der Waals surface area contributed by atoms with Crippen LogP contribution in [0.25, 0.3) is 0 Å². The molecule has 10 heteroatoms. The van der Waals surface area contributed by atoms with Crippen LogP contribution in [0.15, 0.2) is 12.1 Å². The van der Waals surface area contributed by atoms with E-state index in [4.69, 9.17) is 25.2 Å². The molecule has 1 saturated carbocycles. The highest BCUT2D eigenvalue weighted by molar-refractivity contribution is 5.64. The number of nitrogen functional groups attached to an aromatic ring is 1. The SMILES string of the molecule is CC1CCC2(Cc3nc(OCC45CCCN4CC(F)C5)nc(NC4CCCCCC(O)C4)c3CO2)c2c1ccc(N)c2C#N. The predicted octanol–water partition coefficient (Wildman–Crippen LogP) is 5.25. The minimum atomic E-state index is -0.834. The van der Waals surface area contributed by atoms with E-state index in [0.29, 0.717) is 62.0 Å². The molecule has 3 fully saturated rings. The Kier molecular flexibility index (Phi) is 7.92. The van der Waals surface area contributed by atoms with E-state index in [1.54, 1.807) is 0 Å². The first-order valence-electron chi connectivity index (χ1n) is 16.6. The molecule has 6 atom stereocenters. The van der Waals surface area contributed by atoms with Crippen LogP contribution in [0.1, 0.15) is 111 Å². The molecule has 236 valence electrons. The van der Waals surface area contributed by atoms with Gasteiger partial charge in [-0.05, 0) is 69.0 Å². The summed E-state index contributed by atoms with van der Waals surface area (Å²) >= 11 is 0. The smallest absolute Gasteiger partial charge is 0.318 e. The second-order valence-electron chi connectivity index (χ2n) is 14.0. The first-order chi connectivity index (χ1) is 21.3. The van der Waals surface area contributed by atoms with Gasteiger partial charge in [-0.25, -0.2) is 4.39 Å². The van der Waals surface area contributed by atoms with Crippen molar-refractivity contribution < 1.29 is 19.0 Å². The van der Waals surface area contributed by atoms with E-state index < -0.39 is 11.8 Å². The van der Waals surface area contributed by atoms with E-state index in [9.17, 15) is 14.8 Å². The number of ether oxygens (including phenoxy) is 2. The van der Waals surface area contributed by atoms with Crippen molar-refractivity contribution in [3.63, 3.8) is 0 Å². The zero-order valence-corrected chi connectivity index (χ0v) is 25.8. The van der Waals surface area contributed by atoms with E-state index in [1.807, 2.05) is 12.1 Å². The quantitative estimate of drug-likeness (QED) is 0.392. The monoisotopic (exact) mass is 604 g/mol. The molecule has 1 aromatic carbocycles. The number of aromatic nitrogens is 2. The van der Waals surface area contributed by atoms with Gasteiger partial charge < -0.3 is 25.6 Å². The Morgan fingerprint density at radius 2 is 2.07 bits per heavy atom. The summed E-state index contributed by atoms with van der Waals surface area (Å²) in [5.41, 5.74) is 10.0. The molecule has 4 N–H and O–H groups in total. The first-order valence-corrected chi connectivity index (χ1v) is 16.6. The lowest BCUT2D eigenvalue weighted by atomic mass is 9.69. The van der Waals surface area contributed by atoms with E-state index in [0.717, 1.165) is 86.7 Å². The summed E-state index contributed by atoms with van der Waals surface area (Å²) in [6.07, 6.45) is 9.09. The number of nitrogens with zero attached hydrogens (tertiary/aromatic N) is 4. The highest BCUT2D eigenvalue weighted by atomic mass is 19.1. The summed E-state index contributed by atoms with van der Waals surface area (Å²) < 4.78 is 27.7. The van der Waals surface area contributed by atoms with E-state index in [1.165, 1.54) is 0 Å². The standard InChI is InChI=1S/C34H45FN6O3/c1-21-10-12-34(30-25(21)8-9-28(37)26(30)17-36)16-29-27(19-44-34)31(38-23-6-3-2-4-7-24(42)14-23)40-32(39-29)43-20-33-11-5-13-41(33)18-22(35)15-33/h8-9,21-24,42H,2-7,10-16,18-20,37H2,1H3,(H,38,39,40). The highest BCUT2D eigenvalue weighted by Gasteiger charge is 2.50. The van der Waals surface area contributed by atoms with Crippen LogP contribution in [0.5, 0.6) is 6.01 Å². The molecule has 0 radical (unpaired) electrons. The number of aliphatic hydroxyl groups is 1. The number of nitrogens with one attached hydrogen (secondary N) is 1. The number of rotatable bonds is 5. The van der Waals surface area contributed by atoms with Crippen LogP contribution in [0.3, 0.4) is 0 Å². The lowest BCUT2D eigenvalue weighted by Gasteiger charge is -2.44. The number of benzene rings is 1. The van der Waals surface area contributed by atoms with Crippen LogP contribution < -0.4 is 15.8 Å². The second-order valence-corrected chi connectivity index (χ2v) is 14.0. The van der Waals surface area contributed by atoms with Crippen LogP contribution in [0.2, 0.25) is 0 Å². The minimum Gasteiger partial charge on any atom is -0.461 e. The number of nitrogens with two attached hydrogens (primary N) is 1. The van der Waals surface area contributed by atoms with Gasteiger partial charge in [0.15, 0.2) is 0 Å². The maximum Gasteiger partial charge on any atom is 0.318 e. The van der Waals surface area contributed by atoms with E-state index >= 15 is 0 Å². The van der Waals surface area contributed by atoms with Crippen LogP contribution in [0, 0.1) is 11.3 Å². The van der Waals surface area contributed by atoms with Crippen molar-refractivity contribution in [2.75, 3.05) is 30.7 Å². The maximum absolute atomic E-state index is 14.5. The van der Waals surface area contributed by atoms with Crippen molar-refractivity contribution in [1.29, 1.82) is 5.26 Å². The number of anilines is 2. The van der Waals surface area contributed by atoms with E-state index in [2.05, 4.69) is 23.2 Å². The van der Waals surface area contributed by atoms with Gasteiger partial charge in [0.2, 0.25) is 0 Å². The Morgan fingerprint density at radius 3 is 2.93 bits per heavy atom. The first kappa shape index (κ1) is 29.7. The molecular weight excluding hydrogens is 559 g/mol. The maximum atomic E-state index is 14.5. The Balaban J connectivity index is 1.25. The molecule has 4 heterocycles. The van der Waals surface area contributed by atoms with E-state index in [-0.39, 0.29) is 23.7 Å². The molecule has 3 aliphatic heterocycles. The van der Waals surface area contributed by atoms with Gasteiger partial charge in [0.05, 0.1) is 29.5 Å². The van der Waals surface area contributed by atoms with Crippen molar-refractivity contribution >= 4 is 11.5 Å². The topological polar surface area (TPSA) is 130 Å². The van der Waals surface area contributed by atoms with Crippen molar-refractivity contribution in [3.05, 3.63) is 40.1 Å². The zero-order valence-electron chi connectivity index (χ0n) is 25.8. The molecule has 2 aromatic rings. The number of halogens is 1. The van der Waals surface area contributed by atoms with Gasteiger partial charge in [-0.3, -0.25) is 4.90 Å². The number of nitriles is 1. The summed E-state index contributed by atoms with van der Waals surface area (Å²) in [4.78, 5) is 12.1. The van der Waals surface area contributed by atoms with Crippen LogP contribution in [-0.2, 0) is 23.4 Å². The molecule has 1 spiro atoms. The van der Waals surface area contributed by atoms with Gasteiger partial charge in [-0.2, -0.15) is 15.2 Å². The molecule has 0 bridgehead atoms. The van der Waals surface area contributed by atoms with Crippen molar-refractivity contribution in [2.24, 2.45) is 0 Å². The second kappa shape index (κ2) is 11.7. The third-order valence-corrected chi connectivity index (χ3v) is 11.1. The fraction of sp³-hybridized carbons (Fsp3) is 0.676. The van der Waals surface area contributed by atoms with Crippen molar-refractivity contribution in [3.8, 4) is 12.1 Å². The third-order valence-electron chi connectivity index (χ3n) is 11.1. The molecule has 7 rings (SSSR count). The summed E-state index contributed by atoms with van der Waals surface area (Å²) in [5, 5.41) is 24.5. The Hall–Kier alpha value is -3.00. The van der Waals surface area contributed by atoms with Crippen LogP contribution in [-0.4, -0.2) is 63.5 Å². The summed E-state index contributed by atoms with van der Waals surface area (Å²) in [7, 11) is 0. The Bertz CT molecular complexity index is 1450. The highest BCUT2D eigenvalue weighted by Crippen LogP contribution is 2.51. The molecular formula is C34H45FN6O3. The molecule has 5 aliphatic rings. The molecule has 1 aromatic heterocycles. The molecule has 0 amide bonds. The van der Waals surface area contributed by atoms with Crippen LogP contribution in [0.4, 0.5) is 15.9 Å². The van der Waals surface area contributed by atoms with Crippen LogP contribution >= 0.6 is 0 Å². The normalized spacial score (nSPS) is 33.5. The van der Waals surface area contributed by atoms with Gasteiger partial charge in [0, 0.05) is 42.2 Å². The average Bonchev–Trinajstić information content (AvgIpc) is 3.52. The molecule has 2 aliphatic carbocycles. The summed E-state index contributed by atoms with van der Waals surface area (Å²) in [5.74, 6) is 0.977. The lowest BCUT2D eigenvalue weighted by molar-refractivity contribution is -0.0872. The molecule has 9 nitrogen and oxygen atoms in total. The number of hydrogen-bond donors (Lipinski definition) is 3. The zero-order chi connectivity index (χ0) is 30.5. The number of fused-ring (bicyclic) bond motifs is 4. The van der Waals surface area contributed by atoms with Gasteiger partial charge >= 0.3 is 6.01 Å². The Morgan fingerprint density at radius 1 is 1.20 bits per heavy atom. The van der Waals surface area contributed by atoms with Gasteiger partial charge in [-0.15, -0.1) is 0 Å². The lowest BCUT2D eigenvalue weighted by Crippen LogP contribution is -2.44. The fourth-order valence-corrected chi connectivity index (χ4v) is 8.71. The number of alkyl halides is 1. The predicted molar refractivity (Wildman–Crippen MR) is 165 cm³/mol. The van der Waals surface area contributed by atoms with Gasteiger partial charge in [-0.1, -0.05) is 32.3 Å². The van der Waals surface area contributed by atoms with Gasteiger partial charge in [0.1, 0.15) is 30.3 Å². The molecule has 2 saturated heterocycles. The Labute approximate surface area is 259 Å².